The minimum atomic E-state index is 0.0444. The third-order valence-corrected chi connectivity index (χ3v) is 13.8. The van der Waals surface area contributed by atoms with E-state index in [1.807, 2.05) is 0 Å². The van der Waals surface area contributed by atoms with Gasteiger partial charge in [0, 0.05) is 5.92 Å². The topological polar surface area (TPSA) is 0 Å². The van der Waals surface area contributed by atoms with Crippen LogP contribution >= 0.6 is 0 Å². The van der Waals surface area contributed by atoms with Crippen molar-refractivity contribution < 1.29 is 0 Å². The summed E-state index contributed by atoms with van der Waals surface area (Å²) in [5, 5.41) is 10.5. The average molecular weight is 773 g/mol. The van der Waals surface area contributed by atoms with Gasteiger partial charge in [-0.2, -0.15) is 0 Å². The Morgan fingerprint density at radius 2 is 0.820 bits per heavy atom. The third-order valence-electron chi connectivity index (χ3n) is 13.8. The maximum Gasteiger partial charge on any atom is 0.0340 e. The number of rotatable bonds is 5. The fourth-order valence-electron chi connectivity index (χ4n) is 11.1. The van der Waals surface area contributed by atoms with Crippen LogP contribution in [0.3, 0.4) is 0 Å². The van der Waals surface area contributed by atoms with E-state index < -0.39 is 0 Å². The summed E-state index contributed by atoms with van der Waals surface area (Å²) in [5.74, 6) is 0.0444. The van der Waals surface area contributed by atoms with Crippen molar-refractivity contribution in [2.24, 2.45) is 0 Å². The second kappa shape index (κ2) is 13.5. The number of benzene rings is 11. The molecule has 13 rings (SSSR count). The van der Waals surface area contributed by atoms with E-state index in [9.17, 15) is 0 Å². The maximum absolute atomic E-state index is 2.54. The first-order chi connectivity index (χ1) is 30.2. The Labute approximate surface area is 356 Å². The van der Waals surface area contributed by atoms with Crippen molar-refractivity contribution in [2.75, 3.05) is 0 Å². The molecule has 11 aromatic rings. The van der Waals surface area contributed by atoms with Gasteiger partial charge in [-0.25, -0.2) is 0 Å². The number of fused-ring (bicyclic) bond motifs is 13. The van der Waals surface area contributed by atoms with Gasteiger partial charge in [-0.3, -0.25) is 0 Å². The summed E-state index contributed by atoms with van der Waals surface area (Å²) in [6, 6.07) is 79.9. The predicted octanol–water partition coefficient (Wildman–Crippen LogP) is 16.0. The van der Waals surface area contributed by atoms with Crippen LogP contribution in [0.15, 0.2) is 212 Å². The lowest BCUT2D eigenvalue weighted by Crippen LogP contribution is -2.04. The largest absolute Gasteiger partial charge is 0.0622 e. The van der Waals surface area contributed by atoms with Gasteiger partial charge in [0.15, 0.2) is 0 Å². The molecular weight excluding hydrogens is 733 g/mol. The van der Waals surface area contributed by atoms with Crippen LogP contribution in [0.4, 0.5) is 0 Å². The van der Waals surface area contributed by atoms with E-state index in [1.54, 1.807) is 0 Å². The fourth-order valence-corrected chi connectivity index (χ4v) is 11.1. The van der Waals surface area contributed by atoms with E-state index in [1.165, 1.54) is 127 Å². The molecule has 0 heteroatoms. The van der Waals surface area contributed by atoms with Crippen molar-refractivity contribution in [3.05, 3.63) is 251 Å². The van der Waals surface area contributed by atoms with Gasteiger partial charge in [-0.15, -0.1) is 0 Å². The lowest BCUT2D eigenvalue weighted by molar-refractivity contribution is 0.976. The molecule has 1 unspecified atom stereocenters. The first-order valence-electron chi connectivity index (χ1n) is 21.6. The number of hydrogen-bond donors (Lipinski definition) is 0. The summed E-state index contributed by atoms with van der Waals surface area (Å²) in [7, 11) is 0. The maximum atomic E-state index is 2.54. The molecule has 0 nitrogen and oxygen atoms in total. The molecule has 0 heterocycles. The molecule has 0 aromatic heterocycles. The Bertz CT molecular complexity index is 3540. The van der Waals surface area contributed by atoms with Gasteiger partial charge in [-0.1, -0.05) is 200 Å². The first-order valence-corrected chi connectivity index (χ1v) is 21.6. The molecule has 2 aliphatic rings. The monoisotopic (exact) mass is 772 g/mol. The van der Waals surface area contributed by atoms with Gasteiger partial charge < -0.3 is 0 Å². The van der Waals surface area contributed by atoms with Gasteiger partial charge in [0.2, 0.25) is 0 Å². The Balaban J connectivity index is 0.989. The molecule has 284 valence electrons. The van der Waals surface area contributed by atoms with Crippen molar-refractivity contribution in [1.82, 2.24) is 0 Å². The van der Waals surface area contributed by atoms with Gasteiger partial charge in [0.25, 0.3) is 0 Å². The average Bonchev–Trinajstić information content (AvgIpc) is 3.89. The Morgan fingerprint density at radius 1 is 0.279 bits per heavy atom. The van der Waals surface area contributed by atoms with E-state index in [0.717, 1.165) is 12.8 Å². The summed E-state index contributed by atoms with van der Waals surface area (Å²) in [5.41, 5.74) is 20.4. The minimum Gasteiger partial charge on any atom is -0.0622 e. The van der Waals surface area contributed by atoms with E-state index >= 15 is 0 Å². The summed E-state index contributed by atoms with van der Waals surface area (Å²) >= 11 is 0. The summed E-state index contributed by atoms with van der Waals surface area (Å²) < 4.78 is 0. The molecule has 0 radical (unpaired) electrons. The highest BCUT2D eigenvalue weighted by Gasteiger charge is 2.29. The Kier molecular flexibility index (Phi) is 7.60. The molecule has 0 saturated carbocycles. The Hall–Kier alpha value is -7.54. The van der Waals surface area contributed by atoms with E-state index in [2.05, 4.69) is 212 Å². The van der Waals surface area contributed by atoms with Gasteiger partial charge >= 0.3 is 0 Å². The van der Waals surface area contributed by atoms with Crippen LogP contribution in [-0.2, 0) is 12.8 Å². The summed E-state index contributed by atoms with van der Waals surface area (Å²) in [6.45, 7) is 0. The lowest BCUT2D eigenvalue weighted by Gasteiger charge is -2.22. The SMILES string of the molecule is c1ccc(-c2ccc(C(c3ccc4c(c3)Cc3c-4cc4ccccc4c3-c3cccc4c3Cc3ccccc3-4)c3ccc4c5ccccc5c5ccccc5c4c3)cc2)cc1. The molecule has 0 N–H and O–H groups in total. The summed E-state index contributed by atoms with van der Waals surface area (Å²) in [4.78, 5) is 0. The van der Waals surface area contributed by atoms with Crippen LogP contribution in [0.25, 0.3) is 87.6 Å². The molecule has 0 fully saturated rings. The van der Waals surface area contributed by atoms with E-state index in [-0.39, 0.29) is 5.92 Å². The highest BCUT2D eigenvalue weighted by Crippen LogP contribution is 2.50. The highest BCUT2D eigenvalue weighted by molar-refractivity contribution is 6.25. The van der Waals surface area contributed by atoms with E-state index in [4.69, 9.17) is 0 Å². The molecular formula is C61H40. The van der Waals surface area contributed by atoms with Crippen molar-refractivity contribution in [1.29, 1.82) is 0 Å². The summed E-state index contributed by atoms with van der Waals surface area (Å²) in [6.07, 6.45) is 1.88. The lowest BCUT2D eigenvalue weighted by atomic mass is 9.82. The van der Waals surface area contributed by atoms with Crippen LogP contribution in [0.1, 0.15) is 44.9 Å². The minimum absolute atomic E-state index is 0.0444. The van der Waals surface area contributed by atoms with Crippen LogP contribution < -0.4 is 0 Å². The zero-order valence-electron chi connectivity index (χ0n) is 33.7. The van der Waals surface area contributed by atoms with Gasteiger partial charge in [0.1, 0.15) is 0 Å². The molecule has 61 heavy (non-hydrogen) atoms. The standard InChI is InChI=1S/C61H40/c1-2-13-38(14-3-1)39-25-27-40(28-26-39)60(44-30-32-54-52-21-9-8-19-50(52)51-20-10-11-22-53(51)57(54)36-44)43-29-31-47-45(33-43)37-59-56(47)35-42-16-5-7-18-48(42)61(59)55-24-12-23-49-46-17-6-4-15-41(46)34-58(49)55/h1-33,35-36,60H,34,37H2. The molecule has 11 aromatic carbocycles. The molecule has 0 amide bonds. The molecule has 1 atom stereocenters. The normalized spacial score (nSPS) is 13.0. The van der Waals surface area contributed by atoms with E-state index in [0.29, 0.717) is 0 Å². The van der Waals surface area contributed by atoms with Crippen molar-refractivity contribution >= 4 is 43.1 Å². The number of hydrogen-bond acceptors (Lipinski definition) is 0. The molecule has 0 spiro atoms. The molecule has 2 aliphatic carbocycles. The van der Waals surface area contributed by atoms with Gasteiger partial charge in [-0.05, 0) is 152 Å². The quantitative estimate of drug-likeness (QED) is 0.121. The van der Waals surface area contributed by atoms with Crippen LogP contribution in [0, 0.1) is 0 Å². The van der Waals surface area contributed by atoms with Crippen LogP contribution in [0.2, 0.25) is 0 Å². The van der Waals surface area contributed by atoms with Crippen LogP contribution in [-0.4, -0.2) is 0 Å². The van der Waals surface area contributed by atoms with Crippen molar-refractivity contribution in [3.63, 3.8) is 0 Å². The van der Waals surface area contributed by atoms with Crippen molar-refractivity contribution in [2.45, 2.75) is 18.8 Å². The predicted molar refractivity (Wildman–Crippen MR) is 258 cm³/mol. The smallest absolute Gasteiger partial charge is 0.0340 e. The highest BCUT2D eigenvalue weighted by atomic mass is 14.3. The zero-order chi connectivity index (χ0) is 40.0. The third kappa shape index (κ3) is 5.32. The second-order valence-electron chi connectivity index (χ2n) is 17.1. The molecule has 0 bridgehead atoms. The van der Waals surface area contributed by atoms with Gasteiger partial charge in [0.05, 0.1) is 0 Å². The Morgan fingerprint density at radius 3 is 1.61 bits per heavy atom. The molecule has 0 aliphatic heterocycles. The van der Waals surface area contributed by atoms with Crippen molar-refractivity contribution in [3.8, 4) is 44.5 Å². The molecule has 0 saturated heterocycles. The second-order valence-corrected chi connectivity index (χ2v) is 17.1. The first kappa shape index (κ1) is 34.3. The fraction of sp³-hybridized carbons (Fsp3) is 0.0492. The zero-order valence-corrected chi connectivity index (χ0v) is 33.7. The van der Waals surface area contributed by atoms with Crippen LogP contribution in [0.5, 0.6) is 0 Å².